The second-order valence-electron chi connectivity index (χ2n) is 7.99. The molecule has 1 aliphatic heterocycles. The molecule has 0 aliphatic carbocycles. The molecule has 4 aromatic rings. The van der Waals surface area contributed by atoms with Gasteiger partial charge in [-0.2, -0.15) is 0 Å². The molecule has 0 unspecified atom stereocenters. The van der Waals surface area contributed by atoms with Crippen molar-refractivity contribution in [3.63, 3.8) is 0 Å². The standard InChI is InChI=1S/C28H25N3OS2/c32-27(26(22-12-6-2-7-13-22)23-14-8-3-9-15-23)31-16-17-33-25(31)18-24-20-34-28(30-24)29-19-21-10-4-1-5-11-21/h1-15,18,20,26H,16-17,19H2,(H,29,30)/b25-18+. The van der Waals surface area contributed by atoms with E-state index in [4.69, 9.17) is 4.98 Å². The fourth-order valence-corrected chi connectivity index (χ4v) is 5.72. The molecule has 1 amide bonds. The van der Waals surface area contributed by atoms with Gasteiger partial charge in [-0.25, -0.2) is 4.98 Å². The molecule has 6 heteroatoms. The average molecular weight is 484 g/mol. The van der Waals surface area contributed by atoms with E-state index >= 15 is 0 Å². The molecule has 34 heavy (non-hydrogen) atoms. The molecule has 4 nitrogen and oxygen atoms in total. The molecule has 1 N–H and O–H groups in total. The van der Waals surface area contributed by atoms with E-state index < -0.39 is 0 Å². The first-order valence-corrected chi connectivity index (χ1v) is 13.1. The summed E-state index contributed by atoms with van der Waals surface area (Å²) in [5, 5.41) is 7.27. The minimum atomic E-state index is -0.331. The third-order valence-electron chi connectivity index (χ3n) is 5.69. The molecule has 1 fully saturated rings. The Labute approximate surface area is 208 Å². The lowest BCUT2D eigenvalue weighted by Crippen LogP contribution is -2.32. The second-order valence-corrected chi connectivity index (χ2v) is 9.97. The molecule has 0 spiro atoms. The van der Waals surface area contributed by atoms with E-state index in [0.717, 1.165) is 39.3 Å². The molecule has 0 saturated carbocycles. The summed E-state index contributed by atoms with van der Waals surface area (Å²) >= 11 is 3.29. The molecule has 0 bridgehead atoms. The van der Waals surface area contributed by atoms with Crippen molar-refractivity contribution in [1.29, 1.82) is 0 Å². The predicted molar refractivity (Wildman–Crippen MR) is 143 cm³/mol. The van der Waals surface area contributed by atoms with Crippen LogP contribution in [-0.4, -0.2) is 28.1 Å². The zero-order valence-corrected chi connectivity index (χ0v) is 20.3. The van der Waals surface area contributed by atoms with Crippen LogP contribution in [0.4, 0.5) is 5.13 Å². The van der Waals surface area contributed by atoms with Crippen LogP contribution < -0.4 is 5.32 Å². The number of thiazole rings is 1. The zero-order valence-electron chi connectivity index (χ0n) is 18.6. The number of thioether (sulfide) groups is 1. The highest BCUT2D eigenvalue weighted by molar-refractivity contribution is 8.03. The summed E-state index contributed by atoms with van der Waals surface area (Å²) in [5.74, 6) is 0.659. The van der Waals surface area contributed by atoms with Crippen molar-refractivity contribution >= 4 is 40.2 Å². The molecule has 5 rings (SSSR count). The first kappa shape index (κ1) is 22.4. The van der Waals surface area contributed by atoms with Crippen LogP contribution in [0.2, 0.25) is 0 Å². The highest BCUT2D eigenvalue weighted by Crippen LogP contribution is 2.35. The Morgan fingerprint density at radius 2 is 1.56 bits per heavy atom. The lowest BCUT2D eigenvalue weighted by atomic mass is 9.90. The smallest absolute Gasteiger partial charge is 0.239 e. The first-order chi connectivity index (χ1) is 16.8. The first-order valence-electron chi connectivity index (χ1n) is 11.3. The summed E-state index contributed by atoms with van der Waals surface area (Å²) in [7, 11) is 0. The highest BCUT2D eigenvalue weighted by atomic mass is 32.2. The molecular weight excluding hydrogens is 458 g/mol. The van der Waals surface area contributed by atoms with Crippen molar-refractivity contribution < 1.29 is 4.79 Å². The van der Waals surface area contributed by atoms with Crippen molar-refractivity contribution in [2.45, 2.75) is 12.5 Å². The van der Waals surface area contributed by atoms with Gasteiger partial charge in [0.05, 0.1) is 16.6 Å². The van der Waals surface area contributed by atoms with E-state index in [1.165, 1.54) is 5.56 Å². The fourth-order valence-electron chi connectivity index (χ4n) is 4.03. The van der Waals surface area contributed by atoms with Crippen molar-refractivity contribution in [3.05, 3.63) is 124 Å². The van der Waals surface area contributed by atoms with Gasteiger partial charge in [-0.15, -0.1) is 23.1 Å². The number of aromatic nitrogens is 1. The number of rotatable bonds is 7. The third-order valence-corrected chi connectivity index (χ3v) is 7.53. The Kier molecular flexibility index (Phi) is 7.08. The van der Waals surface area contributed by atoms with Gasteiger partial charge in [-0.05, 0) is 22.8 Å². The normalized spacial score (nSPS) is 14.6. The SMILES string of the molecule is O=C(C(c1ccccc1)c1ccccc1)N1CCS/C1=C/c1csc(NCc2ccccc2)n1. The molecule has 1 saturated heterocycles. The monoisotopic (exact) mass is 483 g/mol. The van der Waals surface area contributed by atoms with Crippen molar-refractivity contribution in [2.75, 3.05) is 17.6 Å². The third kappa shape index (κ3) is 5.24. The maximum absolute atomic E-state index is 13.9. The van der Waals surface area contributed by atoms with E-state index in [9.17, 15) is 4.79 Å². The number of benzene rings is 3. The predicted octanol–water partition coefficient (Wildman–Crippen LogP) is 6.46. The van der Waals surface area contributed by atoms with Crippen molar-refractivity contribution in [3.8, 4) is 0 Å². The number of carbonyl (C=O) groups excluding carboxylic acids is 1. The molecular formula is C28H25N3OS2. The lowest BCUT2D eigenvalue weighted by Gasteiger charge is -2.24. The molecule has 2 heterocycles. The van der Waals surface area contributed by atoms with E-state index in [1.807, 2.05) is 95.2 Å². The van der Waals surface area contributed by atoms with Crippen LogP contribution >= 0.6 is 23.1 Å². The van der Waals surface area contributed by atoms with E-state index in [1.54, 1.807) is 23.1 Å². The van der Waals surface area contributed by atoms with Gasteiger partial charge in [0.1, 0.15) is 0 Å². The number of nitrogens with zero attached hydrogens (tertiary/aromatic N) is 2. The van der Waals surface area contributed by atoms with Gasteiger partial charge in [0.2, 0.25) is 5.91 Å². The fraction of sp³-hybridized carbons (Fsp3) is 0.143. The Morgan fingerprint density at radius 1 is 0.941 bits per heavy atom. The topological polar surface area (TPSA) is 45.2 Å². The summed E-state index contributed by atoms with van der Waals surface area (Å²) in [5.41, 5.74) is 4.11. The molecule has 0 atom stereocenters. The number of anilines is 1. The van der Waals surface area contributed by atoms with Gasteiger partial charge in [-0.1, -0.05) is 91.0 Å². The number of carbonyl (C=O) groups is 1. The van der Waals surface area contributed by atoms with Gasteiger partial charge >= 0.3 is 0 Å². The Hall–Kier alpha value is -3.35. The van der Waals surface area contributed by atoms with Crippen molar-refractivity contribution in [1.82, 2.24) is 9.88 Å². The van der Waals surface area contributed by atoms with Crippen LogP contribution in [0.15, 0.2) is 101 Å². The van der Waals surface area contributed by atoms with E-state index in [2.05, 4.69) is 17.4 Å². The van der Waals surface area contributed by atoms with Crippen LogP contribution in [0.3, 0.4) is 0 Å². The van der Waals surface area contributed by atoms with Crippen LogP contribution in [0.1, 0.15) is 28.3 Å². The van der Waals surface area contributed by atoms with E-state index in [-0.39, 0.29) is 11.8 Å². The van der Waals surface area contributed by atoms with Gasteiger partial charge in [-0.3, -0.25) is 4.79 Å². The Balaban J connectivity index is 1.35. The number of nitrogens with one attached hydrogen (secondary N) is 1. The molecule has 1 aromatic heterocycles. The summed E-state index contributed by atoms with van der Waals surface area (Å²) in [4.78, 5) is 20.5. The van der Waals surface area contributed by atoms with Crippen molar-refractivity contribution in [2.24, 2.45) is 0 Å². The summed E-state index contributed by atoms with van der Waals surface area (Å²) in [6, 6.07) is 30.4. The van der Waals surface area contributed by atoms with Crippen LogP contribution in [-0.2, 0) is 11.3 Å². The van der Waals surface area contributed by atoms with Crippen LogP contribution in [0.5, 0.6) is 0 Å². The Morgan fingerprint density at radius 3 is 2.21 bits per heavy atom. The highest BCUT2D eigenvalue weighted by Gasteiger charge is 2.32. The van der Waals surface area contributed by atoms with E-state index in [0.29, 0.717) is 6.54 Å². The van der Waals surface area contributed by atoms with Gasteiger partial charge in [0, 0.05) is 24.2 Å². The number of hydrogen-bond donors (Lipinski definition) is 1. The molecule has 3 aromatic carbocycles. The Bertz CT molecular complexity index is 1220. The zero-order chi connectivity index (χ0) is 23.2. The summed E-state index contributed by atoms with van der Waals surface area (Å²) in [6.45, 7) is 1.44. The quantitative estimate of drug-likeness (QED) is 0.328. The van der Waals surface area contributed by atoms with Gasteiger partial charge < -0.3 is 10.2 Å². The van der Waals surface area contributed by atoms with Gasteiger partial charge in [0.25, 0.3) is 0 Å². The van der Waals surface area contributed by atoms with Crippen LogP contribution in [0, 0.1) is 0 Å². The lowest BCUT2D eigenvalue weighted by molar-refractivity contribution is -0.129. The number of hydrogen-bond acceptors (Lipinski definition) is 5. The summed E-state index contributed by atoms with van der Waals surface area (Å²) in [6.07, 6.45) is 2.03. The molecule has 170 valence electrons. The molecule has 0 radical (unpaired) electrons. The summed E-state index contributed by atoms with van der Waals surface area (Å²) < 4.78 is 0. The maximum Gasteiger partial charge on any atom is 0.239 e. The minimum Gasteiger partial charge on any atom is -0.357 e. The minimum absolute atomic E-state index is 0.103. The maximum atomic E-state index is 13.9. The second kappa shape index (κ2) is 10.7. The largest absolute Gasteiger partial charge is 0.357 e. The van der Waals surface area contributed by atoms with Crippen LogP contribution in [0.25, 0.3) is 6.08 Å². The average Bonchev–Trinajstić information content (AvgIpc) is 3.55. The number of amides is 1. The molecule has 1 aliphatic rings. The van der Waals surface area contributed by atoms with Gasteiger partial charge in [0.15, 0.2) is 5.13 Å².